The van der Waals surface area contributed by atoms with E-state index in [1.54, 1.807) is 0 Å². The highest BCUT2D eigenvalue weighted by Crippen LogP contribution is 2.56. The van der Waals surface area contributed by atoms with Gasteiger partial charge in [0.1, 0.15) is 6.10 Å². The van der Waals surface area contributed by atoms with Crippen LogP contribution < -0.4 is 11.1 Å². The lowest BCUT2D eigenvalue weighted by Crippen LogP contribution is -2.38. The summed E-state index contributed by atoms with van der Waals surface area (Å²) in [5.74, 6) is 1.18. The van der Waals surface area contributed by atoms with Crippen LogP contribution in [0.2, 0.25) is 0 Å². The first-order valence-electron chi connectivity index (χ1n) is 7.51. The van der Waals surface area contributed by atoms with Gasteiger partial charge in [-0.3, -0.25) is 4.79 Å². The van der Waals surface area contributed by atoms with E-state index in [9.17, 15) is 4.79 Å². The second-order valence-electron chi connectivity index (χ2n) is 6.19. The van der Waals surface area contributed by atoms with E-state index in [1.807, 2.05) is 0 Å². The van der Waals surface area contributed by atoms with Crippen molar-refractivity contribution in [2.45, 2.75) is 43.4 Å². The highest BCUT2D eigenvalue weighted by atomic mass is 16.5. The largest absolute Gasteiger partial charge is 0.364 e. The molecule has 5 atom stereocenters. The van der Waals surface area contributed by atoms with E-state index in [1.165, 1.54) is 11.1 Å². The number of carbonyl (C=O) groups excluding carboxylic acids is 1. The van der Waals surface area contributed by atoms with Crippen molar-refractivity contribution >= 4 is 5.91 Å². The van der Waals surface area contributed by atoms with Gasteiger partial charge < -0.3 is 15.8 Å². The maximum absolute atomic E-state index is 12.2. The van der Waals surface area contributed by atoms with Gasteiger partial charge in [0.15, 0.2) is 0 Å². The first kappa shape index (κ1) is 12.4. The zero-order valence-corrected chi connectivity index (χ0v) is 11.4. The zero-order valence-electron chi connectivity index (χ0n) is 11.4. The molecule has 0 aromatic heterocycles. The number of amides is 1. The first-order chi connectivity index (χ1) is 9.78. The molecule has 3 N–H and O–H groups in total. The molecule has 4 heteroatoms. The highest BCUT2D eigenvalue weighted by Gasteiger charge is 2.56. The number of fused-ring (bicyclic) bond motifs is 3. The number of nitrogens with one attached hydrogen (secondary N) is 1. The van der Waals surface area contributed by atoms with Crippen molar-refractivity contribution in [1.29, 1.82) is 0 Å². The molecule has 20 heavy (non-hydrogen) atoms. The molecule has 1 heterocycles. The average Bonchev–Trinajstić information content (AvgIpc) is 2.87. The van der Waals surface area contributed by atoms with E-state index in [0.29, 0.717) is 24.4 Å². The van der Waals surface area contributed by atoms with Crippen LogP contribution in [0.1, 0.15) is 29.9 Å². The fraction of sp³-hybridized carbons (Fsp3) is 0.562. The van der Waals surface area contributed by atoms with Crippen LogP contribution in [0.3, 0.4) is 0 Å². The van der Waals surface area contributed by atoms with Crippen LogP contribution in [0.4, 0.5) is 0 Å². The molecule has 1 aromatic rings. The normalized spacial score (nSPS) is 37.4. The standard InChI is InChI=1S/C16H20N2O2/c17-8-10-5-6-13(20-10)16(19)18-15-12-7-9-3-1-2-4-11(9)14(12)15/h1-4,10,12-15H,5-8,17H2,(H,18,19)/t10-,12?,13+,14?,15?/m1/s1. The van der Waals surface area contributed by atoms with E-state index in [0.717, 1.165) is 19.3 Å². The summed E-state index contributed by atoms with van der Waals surface area (Å²) >= 11 is 0. The van der Waals surface area contributed by atoms with Gasteiger partial charge in [0.25, 0.3) is 0 Å². The summed E-state index contributed by atoms with van der Waals surface area (Å²) in [6.07, 6.45) is 2.56. The van der Waals surface area contributed by atoms with Gasteiger partial charge in [-0.15, -0.1) is 0 Å². The van der Waals surface area contributed by atoms with Crippen LogP contribution in [0.5, 0.6) is 0 Å². The quantitative estimate of drug-likeness (QED) is 0.861. The molecule has 1 aliphatic heterocycles. The molecule has 1 saturated carbocycles. The lowest BCUT2D eigenvalue weighted by molar-refractivity contribution is -0.132. The minimum atomic E-state index is -0.292. The summed E-state index contributed by atoms with van der Waals surface area (Å²) < 4.78 is 5.66. The molecule has 1 saturated heterocycles. The van der Waals surface area contributed by atoms with Gasteiger partial charge >= 0.3 is 0 Å². The van der Waals surface area contributed by atoms with Gasteiger partial charge in [-0.05, 0) is 36.3 Å². The highest BCUT2D eigenvalue weighted by molar-refractivity contribution is 5.82. The van der Waals surface area contributed by atoms with Crippen LogP contribution in [0, 0.1) is 5.92 Å². The van der Waals surface area contributed by atoms with Crippen molar-refractivity contribution in [3.05, 3.63) is 35.4 Å². The van der Waals surface area contributed by atoms with Crippen molar-refractivity contribution in [2.24, 2.45) is 11.7 Å². The second-order valence-corrected chi connectivity index (χ2v) is 6.19. The summed E-state index contributed by atoms with van der Waals surface area (Å²) in [7, 11) is 0. The fourth-order valence-corrected chi connectivity index (χ4v) is 3.88. The van der Waals surface area contributed by atoms with Crippen molar-refractivity contribution in [1.82, 2.24) is 5.32 Å². The lowest BCUT2D eigenvalue weighted by atomic mass is 10.1. The minimum absolute atomic E-state index is 0.0535. The summed E-state index contributed by atoms with van der Waals surface area (Å²) in [5, 5.41) is 3.18. The van der Waals surface area contributed by atoms with Crippen LogP contribution in [-0.4, -0.2) is 30.7 Å². The molecule has 3 unspecified atom stereocenters. The molecule has 2 aliphatic carbocycles. The SMILES string of the molecule is NC[C@H]1CC[C@@H](C(=O)NC2C3Cc4ccccc4C32)O1. The summed E-state index contributed by atoms with van der Waals surface area (Å²) in [6, 6.07) is 8.90. The number of ether oxygens (including phenoxy) is 1. The summed E-state index contributed by atoms with van der Waals surface area (Å²) in [6.45, 7) is 0.506. The zero-order chi connectivity index (χ0) is 13.7. The molecule has 4 nitrogen and oxygen atoms in total. The predicted octanol–water partition coefficient (Wildman–Crippen LogP) is 0.947. The lowest BCUT2D eigenvalue weighted by Gasteiger charge is -2.14. The first-order valence-corrected chi connectivity index (χ1v) is 7.51. The molecule has 2 fully saturated rings. The number of nitrogens with two attached hydrogens (primary N) is 1. The molecule has 1 amide bonds. The predicted molar refractivity (Wildman–Crippen MR) is 75.3 cm³/mol. The maximum Gasteiger partial charge on any atom is 0.249 e. The van der Waals surface area contributed by atoms with Gasteiger partial charge in [-0.25, -0.2) is 0 Å². The molecular formula is C16H20N2O2. The van der Waals surface area contributed by atoms with Gasteiger partial charge in [0.05, 0.1) is 6.10 Å². The van der Waals surface area contributed by atoms with Gasteiger partial charge in [-0.1, -0.05) is 24.3 Å². The number of carbonyl (C=O) groups is 1. The number of benzene rings is 1. The van der Waals surface area contributed by atoms with E-state index < -0.39 is 0 Å². The maximum atomic E-state index is 12.2. The number of hydrogen-bond acceptors (Lipinski definition) is 3. The minimum Gasteiger partial charge on any atom is -0.364 e. The van der Waals surface area contributed by atoms with E-state index in [2.05, 4.69) is 29.6 Å². The van der Waals surface area contributed by atoms with Crippen molar-refractivity contribution in [3.63, 3.8) is 0 Å². The summed E-state index contributed by atoms with van der Waals surface area (Å²) in [5.41, 5.74) is 8.46. The molecule has 0 bridgehead atoms. The fourth-order valence-electron chi connectivity index (χ4n) is 3.88. The van der Waals surface area contributed by atoms with Gasteiger partial charge in [0, 0.05) is 18.5 Å². The number of hydrogen-bond donors (Lipinski definition) is 2. The molecule has 1 aromatic carbocycles. The molecular weight excluding hydrogens is 252 g/mol. The Kier molecular flexibility index (Phi) is 2.82. The van der Waals surface area contributed by atoms with Crippen molar-refractivity contribution < 1.29 is 9.53 Å². The third kappa shape index (κ3) is 1.86. The summed E-state index contributed by atoms with van der Waals surface area (Å²) in [4.78, 5) is 12.2. The third-order valence-corrected chi connectivity index (χ3v) is 5.01. The van der Waals surface area contributed by atoms with E-state index in [-0.39, 0.29) is 18.1 Å². The molecule has 106 valence electrons. The second kappa shape index (κ2) is 4.57. The Morgan fingerprint density at radius 2 is 2.20 bits per heavy atom. The van der Waals surface area contributed by atoms with Crippen LogP contribution in [0.25, 0.3) is 0 Å². The molecule has 3 aliphatic rings. The van der Waals surface area contributed by atoms with E-state index in [4.69, 9.17) is 10.5 Å². The Morgan fingerprint density at radius 3 is 3.00 bits per heavy atom. The smallest absolute Gasteiger partial charge is 0.249 e. The van der Waals surface area contributed by atoms with Gasteiger partial charge in [0.2, 0.25) is 5.91 Å². The van der Waals surface area contributed by atoms with Crippen LogP contribution >= 0.6 is 0 Å². The molecule has 0 radical (unpaired) electrons. The Labute approximate surface area is 118 Å². The Balaban J connectivity index is 1.38. The topological polar surface area (TPSA) is 64.4 Å². The Hall–Kier alpha value is -1.39. The van der Waals surface area contributed by atoms with Crippen molar-refractivity contribution in [2.75, 3.05) is 6.54 Å². The van der Waals surface area contributed by atoms with Crippen molar-refractivity contribution in [3.8, 4) is 0 Å². The van der Waals surface area contributed by atoms with Gasteiger partial charge in [-0.2, -0.15) is 0 Å². The Morgan fingerprint density at radius 1 is 1.35 bits per heavy atom. The molecule has 0 spiro atoms. The third-order valence-electron chi connectivity index (χ3n) is 5.01. The molecule has 4 rings (SSSR count). The Bertz CT molecular complexity index is 545. The monoisotopic (exact) mass is 272 g/mol. The average molecular weight is 272 g/mol. The van der Waals surface area contributed by atoms with Crippen LogP contribution in [-0.2, 0) is 16.0 Å². The number of rotatable bonds is 3. The van der Waals surface area contributed by atoms with Crippen LogP contribution in [0.15, 0.2) is 24.3 Å². The van der Waals surface area contributed by atoms with E-state index >= 15 is 0 Å².